The molecule has 0 amide bonds. The van der Waals surface area contributed by atoms with Crippen molar-refractivity contribution in [1.82, 2.24) is 0 Å². The summed E-state index contributed by atoms with van der Waals surface area (Å²) in [6.45, 7) is 1.97. The lowest BCUT2D eigenvalue weighted by molar-refractivity contribution is 0.544. The summed E-state index contributed by atoms with van der Waals surface area (Å²) < 4.78 is 14.0. The molecular weight excluding hydrogens is 281 g/mol. The summed E-state index contributed by atoms with van der Waals surface area (Å²) in [6, 6.07) is 5.37. The molecule has 0 unspecified atom stereocenters. The summed E-state index contributed by atoms with van der Waals surface area (Å²) >= 11 is 3.45. The first kappa shape index (κ1) is 12.9. The predicted molar refractivity (Wildman–Crippen MR) is 74.3 cm³/mol. The van der Waals surface area contributed by atoms with E-state index in [1.54, 1.807) is 12.1 Å². The first-order chi connectivity index (χ1) is 8.33. The maximum Gasteiger partial charge on any atom is 0.146 e. The maximum absolute atomic E-state index is 14.0. The van der Waals surface area contributed by atoms with Gasteiger partial charge in [-0.05, 0) is 24.5 Å². The lowest BCUT2D eigenvalue weighted by Gasteiger charge is -2.29. The Morgan fingerprint density at radius 1 is 1.06 bits per heavy atom. The Morgan fingerprint density at radius 2 is 1.71 bits per heavy atom. The number of hydrogen-bond donors (Lipinski definition) is 0. The molecule has 17 heavy (non-hydrogen) atoms. The van der Waals surface area contributed by atoms with Gasteiger partial charge in [0.2, 0.25) is 0 Å². The van der Waals surface area contributed by atoms with Gasteiger partial charge in [-0.3, -0.25) is 0 Å². The molecule has 1 aromatic carbocycles. The second kappa shape index (κ2) is 6.39. The molecule has 0 radical (unpaired) electrons. The standard InChI is InChI=1S/C14H19BrFN/c15-11-12-7-6-8-13(16)14(12)17-9-4-2-1-3-5-10-17/h6-8H,1-5,9-11H2. The van der Waals surface area contributed by atoms with E-state index in [0.717, 1.165) is 29.7 Å². The van der Waals surface area contributed by atoms with Crippen molar-refractivity contribution in [2.24, 2.45) is 0 Å². The van der Waals surface area contributed by atoms with Crippen LogP contribution >= 0.6 is 15.9 Å². The van der Waals surface area contributed by atoms with Crippen molar-refractivity contribution in [3.8, 4) is 0 Å². The fraction of sp³-hybridized carbons (Fsp3) is 0.571. The lowest BCUT2D eigenvalue weighted by Crippen LogP contribution is -2.28. The Morgan fingerprint density at radius 3 is 2.35 bits per heavy atom. The van der Waals surface area contributed by atoms with E-state index in [1.807, 2.05) is 6.07 Å². The van der Waals surface area contributed by atoms with Gasteiger partial charge in [-0.15, -0.1) is 0 Å². The van der Waals surface area contributed by atoms with E-state index in [0.29, 0.717) is 0 Å². The summed E-state index contributed by atoms with van der Waals surface area (Å²) in [7, 11) is 0. The SMILES string of the molecule is Fc1cccc(CBr)c1N1CCCCCCC1. The highest BCUT2D eigenvalue weighted by atomic mass is 79.9. The number of anilines is 1. The van der Waals surface area contributed by atoms with Crippen LogP contribution in [0.25, 0.3) is 0 Å². The van der Waals surface area contributed by atoms with Gasteiger partial charge >= 0.3 is 0 Å². The predicted octanol–water partition coefficient (Wildman–Crippen LogP) is 4.49. The molecule has 0 bridgehead atoms. The Labute approximate surface area is 111 Å². The van der Waals surface area contributed by atoms with Gasteiger partial charge in [0.05, 0.1) is 5.69 Å². The van der Waals surface area contributed by atoms with Crippen molar-refractivity contribution < 1.29 is 4.39 Å². The zero-order valence-electron chi connectivity index (χ0n) is 10.1. The zero-order chi connectivity index (χ0) is 12.1. The highest BCUT2D eigenvalue weighted by molar-refractivity contribution is 9.08. The van der Waals surface area contributed by atoms with Crippen LogP contribution in [0.5, 0.6) is 0 Å². The van der Waals surface area contributed by atoms with E-state index in [4.69, 9.17) is 0 Å². The topological polar surface area (TPSA) is 3.24 Å². The van der Waals surface area contributed by atoms with Crippen LogP contribution in [0.1, 0.15) is 37.7 Å². The molecule has 1 aromatic rings. The Kier molecular flexibility index (Phi) is 4.84. The molecule has 1 saturated heterocycles. The maximum atomic E-state index is 14.0. The molecule has 0 atom stereocenters. The molecule has 0 aliphatic carbocycles. The van der Waals surface area contributed by atoms with Crippen LogP contribution in [0.15, 0.2) is 18.2 Å². The normalized spacial score (nSPS) is 17.6. The van der Waals surface area contributed by atoms with Gasteiger partial charge in [0, 0.05) is 18.4 Å². The molecule has 2 rings (SSSR count). The van der Waals surface area contributed by atoms with Gasteiger partial charge < -0.3 is 4.90 Å². The molecular formula is C14H19BrFN. The molecule has 0 saturated carbocycles. The average molecular weight is 300 g/mol. The van der Waals surface area contributed by atoms with E-state index in [1.165, 1.54) is 32.1 Å². The van der Waals surface area contributed by atoms with Crippen molar-refractivity contribution in [2.45, 2.75) is 37.4 Å². The molecule has 0 N–H and O–H groups in total. The molecule has 1 nitrogen and oxygen atoms in total. The van der Waals surface area contributed by atoms with Gasteiger partial charge in [-0.2, -0.15) is 0 Å². The third kappa shape index (κ3) is 3.21. The molecule has 0 aromatic heterocycles. The minimum atomic E-state index is -0.0810. The highest BCUT2D eigenvalue weighted by Crippen LogP contribution is 2.28. The molecule has 1 aliphatic rings. The first-order valence-corrected chi connectivity index (χ1v) is 7.53. The molecule has 1 aliphatic heterocycles. The van der Waals surface area contributed by atoms with E-state index >= 15 is 0 Å². The summed E-state index contributed by atoms with van der Waals surface area (Å²) in [5.41, 5.74) is 1.87. The second-order valence-corrected chi connectivity index (χ2v) is 5.20. The van der Waals surface area contributed by atoms with Crippen LogP contribution in [0.4, 0.5) is 10.1 Å². The first-order valence-electron chi connectivity index (χ1n) is 6.41. The number of benzene rings is 1. The number of rotatable bonds is 2. The van der Waals surface area contributed by atoms with Crippen LogP contribution in [0.2, 0.25) is 0 Å². The third-order valence-electron chi connectivity index (χ3n) is 3.39. The number of para-hydroxylation sites is 1. The number of halogens is 2. The monoisotopic (exact) mass is 299 g/mol. The Balaban J connectivity index is 2.23. The van der Waals surface area contributed by atoms with E-state index in [2.05, 4.69) is 20.8 Å². The summed E-state index contributed by atoms with van der Waals surface area (Å²) in [5.74, 6) is -0.0810. The largest absolute Gasteiger partial charge is 0.369 e. The quantitative estimate of drug-likeness (QED) is 0.727. The summed E-state index contributed by atoms with van der Waals surface area (Å²) in [4.78, 5) is 2.23. The van der Waals surface area contributed by atoms with Crippen LogP contribution in [-0.2, 0) is 5.33 Å². The van der Waals surface area contributed by atoms with Gasteiger partial charge in [-0.1, -0.05) is 47.3 Å². The molecule has 3 heteroatoms. The molecule has 1 heterocycles. The molecule has 0 spiro atoms. The minimum Gasteiger partial charge on any atom is -0.369 e. The smallest absolute Gasteiger partial charge is 0.146 e. The third-order valence-corrected chi connectivity index (χ3v) is 3.99. The lowest BCUT2D eigenvalue weighted by atomic mass is 10.1. The average Bonchev–Trinajstić information content (AvgIpc) is 2.29. The van der Waals surface area contributed by atoms with Crippen LogP contribution in [-0.4, -0.2) is 13.1 Å². The number of hydrogen-bond acceptors (Lipinski definition) is 1. The van der Waals surface area contributed by atoms with Crippen molar-refractivity contribution in [2.75, 3.05) is 18.0 Å². The second-order valence-electron chi connectivity index (χ2n) is 4.64. The Bertz CT molecular complexity index is 359. The van der Waals surface area contributed by atoms with Crippen LogP contribution in [0.3, 0.4) is 0 Å². The van der Waals surface area contributed by atoms with Crippen molar-refractivity contribution in [3.05, 3.63) is 29.6 Å². The molecule has 1 fully saturated rings. The summed E-state index contributed by atoms with van der Waals surface area (Å²) in [5, 5.41) is 0.719. The van der Waals surface area contributed by atoms with Crippen molar-refractivity contribution in [1.29, 1.82) is 0 Å². The van der Waals surface area contributed by atoms with Gasteiger partial charge in [-0.25, -0.2) is 4.39 Å². The molecule has 94 valence electrons. The van der Waals surface area contributed by atoms with Crippen molar-refractivity contribution in [3.63, 3.8) is 0 Å². The van der Waals surface area contributed by atoms with Gasteiger partial charge in [0.25, 0.3) is 0 Å². The van der Waals surface area contributed by atoms with E-state index in [-0.39, 0.29) is 5.82 Å². The van der Waals surface area contributed by atoms with Crippen LogP contribution in [0, 0.1) is 5.82 Å². The summed E-state index contributed by atoms with van der Waals surface area (Å²) in [6.07, 6.45) is 6.23. The zero-order valence-corrected chi connectivity index (χ0v) is 11.7. The number of nitrogens with zero attached hydrogens (tertiary/aromatic N) is 1. The van der Waals surface area contributed by atoms with Gasteiger partial charge in [0.15, 0.2) is 0 Å². The minimum absolute atomic E-state index is 0.0810. The van der Waals surface area contributed by atoms with Gasteiger partial charge in [0.1, 0.15) is 5.82 Å². The van der Waals surface area contributed by atoms with Crippen LogP contribution < -0.4 is 4.90 Å². The number of alkyl halides is 1. The van der Waals surface area contributed by atoms with Crippen molar-refractivity contribution >= 4 is 21.6 Å². The Hall–Kier alpha value is -0.570. The fourth-order valence-electron chi connectivity index (χ4n) is 2.49. The van der Waals surface area contributed by atoms with E-state index in [9.17, 15) is 4.39 Å². The fourth-order valence-corrected chi connectivity index (χ4v) is 2.95. The highest BCUT2D eigenvalue weighted by Gasteiger charge is 2.16. The van der Waals surface area contributed by atoms with E-state index < -0.39 is 0 Å².